The Kier molecular flexibility index (Phi) is 2.93. The molecule has 0 saturated carbocycles. The molecule has 76 valence electrons. The second-order valence-electron chi connectivity index (χ2n) is 4.09. The maximum Gasteiger partial charge on any atom is 0.323 e. The first kappa shape index (κ1) is 10.5. The fourth-order valence-electron chi connectivity index (χ4n) is 1.65. The van der Waals surface area contributed by atoms with Crippen LogP contribution in [0.1, 0.15) is 26.7 Å². The van der Waals surface area contributed by atoms with Crippen LogP contribution in [0, 0.1) is 0 Å². The largest absolute Gasteiger partial charge is 0.480 e. The van der Waals surface area contributed by atoms with Crippen LogP contribution in [-0.4, -0.2) is 40.6 Å². The van der Waals surface area contributed by atoms with Crippen molar-refractivity contribution in [1.29, 1.82) is 0 Å². The van der Waals surface area contributed by atoms with Crippen molar-refractivity contribution in [1.82, 2.24) is 4.90 Å². The van der Waals surface area contributed by atoms with Gasteiger partial charge >= 0.3 is 5.97 Å². The lowest BCUT2D eigenvalue weighted by Gasteiger charge is -2.38. The maximum absolute atomic E-state index is 10.8. The number of nitrogens with two attached hydrogens (primary N) is 1. The van der Waals surface area contributed by atoms with E-state index >= 15 is 0 Å². The molecule has 1 heterocycles. The molecule has 0 atom stereocenters. The van der Waals surface area contributed by atoms with Gasteiger partial charge in [0.1, 0.15) is 5.54 Å². The summed E-state index contributed by atoms with van der Waals surface area (Å²) in [6.45, 7) is 5.81. The minimum absolute atomic E-state index is 0.485. The number of hydrogen-bond donors (Lipinski definition) is 2. The molecule has 0 bridgehead atoms. The molecule has 1 saturated heterocycles. The predicted octanol–water partition coefficient (Wildman–Crippen LogP) is 0.273. The monoisotopic (exact) mass is 186 g/mol. The number of aliphatic carboxylic acids is 1. The van der Waals surface area contributed by atoms with E-state index in [0.29, 0.717) is 18.9 Å². The minimum Gasteiger partial charge on any atom is -0.480 e. The van der Waals surface area contributed by atoms with E-state index in [2.05, 4.69) is 18.7 Å². The standard InChI is InChI=1S/C9H18N2O2/c1-7(2)11-5-3-9(10,4-6-11)8(12)13/h7H,3-6,10H2,1-2H3,(H,12,13). The van der Waals surface area contributed by atoms with Crippen molar-refractivity contribution in [2.45, 2.75) is 38.3 Å². The highest BCUT2D eigenvalue weighted by Gasteiger charge is 2.37. The Hall–Kier alpha value is -0.610. The number of carboxylic acids is 1. The van der Waals surface area contributed by atoms with Gasteiger partial charge in [0.2, 0.25) is 0 Å². The summed E-state index contributed by atoms with van der Waals surface area (Å²) in [5.41, 5.74) is 4.76. The molecule has 3 N–H and O–H groups in total. The SMILES string of the molecule is CC(C)N1CCC(N)(C(=O)O)CC1. The van der Waals surface area contributed by atoms with E-state index in [4.69, 9.17) is 10.8 Å². The van der Waals surface area contributed by atoms with Crippen LogP contribution in [0.25, 0.3) is 0 Å². The summed E-state index contributed by atoms with van der Waals surface area (Å²) in [5.74, 6) is -0.865. The smallest absolute Gasteiger partial charge is 0.323 e. The van der Waals surface area contributed by atoms with Gasteiger partial charge in [0, 0.05) is 19.1 Å². The molecule has 0 spiro atoms. The average molecular weight is 186 g/mol. The third-order valence-electron chi connectivity index (χ3n) is 2.85. The maximum atomic E-state index is 10.8. The third kappa shape index (κ3) is 2.19. The molecule has 1 fully saturated rings. The molecule has 1 aliphatic rings. The molecule has 4 nitrogen and oxygen atoms in total. The second kappa shape index (κ2) is 3.64. The van der Waals surface area contributed by atoms with Gasteiger partial charge in [-0.3, -0.25) is 4.79 Å². The van der Waals surface area contributed by atoms with E-state index in [1.54, 1.807) is 0 Å². The second-order valence-corrected chi connectivity index (χ2v) is 4.09. The first-order valence-electron chi connectivity index (χ1n) is 4.72. The van der Waals surface area contributed by atoms with E-state index in [-0.39, 0.29) is 0 Å². The molecule has 4 heteroatoms. The quantitative estimate of drug-likeness (QED) is 0.649. The number of piperidine rings is 1. The Bertz CT molecular complexity index is 196. The van der Waals surface area contributed by atoms with Gasteiger partial charge in [0.25, 0.3) is 0 Å². The van der Waals surface area contributed by atoms with Crippen LogP contribution in [0.2, 0.25) is 0 Å². The third-order valence-corrected chi connectivity index (χ3v) is 2.85. The van der Waals surface area contributed by atoms with Crippen molar-refractivity contribution >= 4 is 5.97 Å². The highest BCUT2D eigenvalue weighted by molar-refractivity contribution is 5.78. The van der Waals surface area contributed by atoms with Crippen molar-refractivity contribution in [2.75, 3.05) is 13.1 Å². The Labute approximate surface area is 78.7 Å². The highest BCUT2D eigenvalue weighted by atomic mass is 16.4. The summed E-state index contributed by atoms with van der Waals surface area (Å²) in [6, 6.07) is 0.485. The van der Waals surface area contributed by atoms with Gasteiger partial charge in [-0.2, -0.15) is 0 Å². The van der Waals surface area contributed by atoms with Gasteiger partial charge in [-0.15, -0.1) is 0 Å². The van der Waals surface area contributed by atoms with Gasteiger partial charge in [-0.25, -0.2) is 0 Å². The number of nitrogens with zero attached hydrogens (tertiary/aromatic N) is 1. The number of rotatable bonds is 2. The lowest BCUT2D eigenvalue weighted by molar-refractivity contribution is -0.145. The van der Waals surface area contributed by atoms with Gasteiger partial charge in [-0.05, 0) is 26.7 Å². The molecule has 0 aromatic rings. The molecule has 0 amide bonds. The Morgan fingerprint density at radius 3 is 2.23 bits per heavy atom. The average Bonchev–Trinajstić information content (AvgIpc) is 2.04. The van der Waals surface area contributed by atoms with E-state index in [0.717, 1.165) is 13.1 Å². The van der Waals surface area contributed by atoms with Crippen LogP contribution in [0.3, 0.4) is 0 Å². The molecule has 1 rings (SSSR count). The van der Waals surface area contributed by atoms with Crippen LogP contribution in [0.15, 0.2) is 0 Å². The first-order chi connectivity index (χ1) is 5.96. The number of carbonyl (C=O) groups is 1. The van der Waals surface area contributed by atoms with Crippen molar-refractivity contribution in [3.63, 3.8) is 0 Å². The molecular formula is C9H18N2O2. The summed E-state index contributed by atoms with van der Waals surface area (Å²) >= 11 is 0. The lowest BCUT2D eigenvalue weighted by Crippen LogP contribution is -2.56. The molecule has 0 aliphatic carbocycles. The first-order valence-corrected chi connectivity index (χ1v) is 4.72. The lowest BCUT2D eigenvalue weighted by atomic mass is 9.88. The zero-order valence-electron chi connectivity index (χ0n) is 8.29. The zero-order chi connectivity index (χ0) is 10.1. The summed E-state index contributed by atoms with van der Waals surface area (Å²) in [4.78, 5) is 13.1. The van der Waals surface area contributed by atoms with Crippen LogP contribution >= 0.6 is 0 Å². The van der Waals surface area contributed by atoms with Crippen LogP contribution < -0.4 is 5.73 Å². The molecule has 1 aliphatic heterocycles. The molecular weight excluding hydrogens is 168 g/mol. The summed E-state index contributed by atoms with van der Waals surface area (Å²) in [5, 5.41) is 8.88. The number of likely N-dealkylation sites (tertiary alicyclic amines) is 1. The fraction of sp³-hybridized carbons (Fsp3) is 0.889. The van der Waals surface area contributed by atoms with E-state index in [9.17, 15) is 4.79 Å². The summed E-state index contributed by atoms with van der Waals surface area (Å²) in [6.07, 6.45) is 1.11. The molecule has 0 radical (unpaired) electrons. The Balaban J connectivity index is 2.51. The highest BCUT2D eigenvalue weighted by Crippen LogP contribution is 2.21. The van der Waals surface area contributed by atoms with Crippen molar-refractivity contribution < 1.29 is 9.90 Å². The predicted molar refractivity (Wildman–Crippen MR) is 50.5 cm³/mol. The number of carboxylic acid groups (broad SMARTS) is 1. The van der Waals surface area contributed by atoms with Gasteiger partial charge in [-0.1, -0.05) is 0 Å². The Morgan fingerprint density at radius 1 is 1.46 bits per heavy atom. The Morgan fingerprint density at radius 2 is 1.92 bits per heavy atom. The van der Waals surface area contributed by atoms with E-state index in [1.807, 2.05) is 0 Å². The van der Waals surface area contributed by atoms with Crippen LogP contribution in [0.5, 0.6) is 0 Å². The minimum atomic E-state index is -0.981. The molecule has 0 unspecified atom stereocenters. The fourth-order valence-corrected chi connectivity index (χ4v) is 1.65. The topological polar surface area (TPSA) is 66.6 Å². The summed E-state index contributed by atoms with van der Waals surface area (Å²) < 4.78 is 0. The van der Waals surface area contributed by atoms with Gasteiger partial charge in [0.15, 0.2) is 0 Å². The van der Waals surface area contributed by atoms with Crippen molar-refractivity contribution in [2.24, 2.45) is 5.73 Å². The van der Waals surface area contributed by atoms with Crippen molar-refractivity contribution in [3.05, 3.63) is 0 Å². The van der Waals surface area contributed by atoms with Crippen LogP contribution in [0.4, 0.5) is 0 Å². The molecule has 0 aromatic heterocycles. The molecule has 0 aromatic carbocycles. The molecule has 13 heavy (non-hydrogen) atoms. The van der Waals surface area contributed by atoms with Gasteiger partial charge < -0.3 is 15.7 Å². The number of hydrogen-bond acceptors (Lipinski definition) is 3. The van der Waals surface area contributed by atoms with Crippen molar-refractivity contribution in [3.8, 4) is 0 Å². The van der Waals surface area contributed by atoms with E-state index in [1.165, 1.54) is 0 Å². The van der Waals surface area contributed by atoms with E-state index < -0.39 is 11.5 Å². The normalized spacial score (nSPS) is 23.4. The summed E-state index contributed by atoms with van der Waals surface area (Å²) in [7, 11) is 0. The zero-order valence-corrected chi connectivity index (χ0v) is 8.29. The van der Waals surface area contributed by atoms with Crippen LogP contribution in [-0.2, 0) is 4.79 Å². The van der Waals surface area contributed by atoms with Gasteiger partial charge in [0.05, 0.1) is 0 Å².